The van der Waals surface area contributed by atoms with Crippen LogP contribution in [0.5, 0.6) is 0 Å². The van der Waals surface area contributed by atoms with E-state index in [-0.39, 0.29) is 23.5 Å². The van der Waals surface area contributed by atoms with E-state index in [1.54, 1.807) is 6.07 Å². The summed E-state index contributed by atoms with van der Waals surface area (Å²) < 4.78 is 13.5. The maximum atomic E-state index is 13.5. The van der Waals surface area contributed by atoms with E-state index < -0.39 is 0 Å². The predicted octanol–water partition coefficient (Wildman–Crippen LogP) is 2.04. The smallest absolute Gasteiger partial charge is 0.236 e. The Bertz CT molecular complexity index is 709. The lowest BCUT2D eigenvalue weighted by molar-refractivity contribution is -0.140. The highest BCUT2D eigenvalue weighted by atomic mass is 19.1. The Morgan fingerprint density at radius 2 is 1.70 bits per heavy atom. The van der Waals surface area contributed by atoms with Gasteiger partial charge < -0.3 is 9.80 Å². The number of amides is 2. The maximum absolute atomic E-state index is 13.5. The van der Waals surface area contributed by atoms with Crippen LogP contribution in [0.25, 0.3) is 0 Å². The van der Waals surface area contributed by atoms with Crippen molar-refractivity contribution < 1.29 is 14.0 Å². The van der Waals surface area contributed by atoms with Crippen LogP contribution in [-0.4, -0.2) is 65.8 Å². The fourth-order valence-electron chi connectivity index (χ4n) is 4.58. The molecule has 2 fully saturated rings. The number of fused-ring (bicyclic) bond motifs is 1. The molecule has 27 heavy (non-hydrogen) atoms. The molecule has 146 valence electrons. The molecule has 3 aliphatic heterocycles. The first kappa shape index (κ1) is 18.4. The van der Waals surface area contributed by atoms with Crippen molar-refractivity contribution in [2.75, 3.05) is 39.3 Å². The summed E-state index contributed by atoms with van der Waals surface area (Å²) in [5.41, 5.74) is 2.17. The molecule has 0 aromatic heterocycles. The molecule has 2 saturated heterocycles. The van der Waals surface area contributed by atoms with Crippen LogP contribution in [0, 0.1) is 11.7 Å². The van der Waals surface area contributed by atoms with Crippen LogP contribution < -0.4 is 0 Å². The summed E-state index contributed by atoms with van der Waals surface area (Å²) in [6.45, 7) is 4.96. The Labute approximate surface area is 160 Å². The summed E-state index contributed by atoms with van der Waals surface area (Å²) in [6, 6.07) is 4.95. The molecule has 6 heteroatoms. The highest BCUT2D eigenvalue weighted by molar-refractivity contribution is 5.81. The van der Waals surface area contributed by atoms with E-state index in [2.05, 4.69) is 4.90 Å². The van der Waals surface area contributed by atoms with Crippen molar-refractivity contribution in [1.29, 1.82) is 0 Å². The van der Waals surface area contributed by atoms with Gasteiger partial charge in [0.15, 0.2) is 0 Å². The number of rotatable bonds is 3. The zero-order valence-corrected chi connectivity index (χ0v) is 15.8. The Balaban J connectivity index is 1.27. The number of nitrogens with zero attached hydrogens (tertiary/aromatic N) is 3. The number of carbonyl (C=O) groups is 2. The third-order valence-corrected chi connectivity index (χ3v) is 6.23. The molecule has 3 aliphatic rings. The van der Waals surface area contributed by atoms with Crippen LogP contribution >= 0.6 is 0 Å². The van der Waals surface area contributed by atoms with E-state index in [9.17, 15) is 14.0 Å². The first-order valence-corrected chi connectivity index (χ1v) is 10.2. The monoisotopic (exact) mass is 373 g/mol. The van der Waals surface area contributed by atoms with Gasteiger partial charge in [0.2, 0.25) is 11.8 Å². The molecule has 0 atom stereocenters. The van der Waals surface area contributed by atoms with Crippen molar-refractivity contribution in [2.24, 2.45) is 5.92 Å². The third-order valence-electron chi connectivity index (χ3n) is 6.23. The van der Waals surface area contributed by atoms with Crippen LogP contribution in [0.4, 0.5) is 4.39 Å². The van der Waals surface area contributed by atoms with Crippen LogP contribution in [0.15, 0.2) is 18.2 Å². The first-order chi connectivity index (χ1) is 13.1. The molecule has 0 bridgehead atoms. The Morgan fingerprint density at radius 1 is 0.963 bits per heavy atom. The molecule has 0 unspecified atom stereocenters. The molecule has 2 amide bonds. The number of hydrogen-bond acceptors (Lipinski definition) is 3. The van der Waals surface area contributed by atoms with E-state index in [4.69, 9.17) is 0 Å². The SMILES string of the molecule is O=C(CN1CCc2ccc(F)cc2C1)N1CCC(C(=O)N2CCCC2)CC1. The van der Waals surface area contributed by atoms with Crippen molar-refractivity contribution in [3.63, 3.8) is 0 Å². The van der Waals surface area contributed by atoms with Gasteiger partial charge in [-0.05, 0) is 55.4 Å². The fraction of sp³-hybridized carbons (Fsp3) is 0.619. The molecule has 3 heterocycles. The molecule has 0 saturated carbocycles. The fourth-order valence-corrected chi connectivity index (χ4v) is 4.58. The number of halogens is 1. The second kappa shape index (κ2) is 7.97. The standard InChI is InChI=1S/C21H28FN3O2/c22-19-4-3-16-5-10-23(14-18(16)13-19)15-20(26)24-11-6-17(7-12-24)21(27)25-8-1-2-9-25/h3-4,13,17H,1-2,5-12,14-15H2. The van der Waals surface area contributed by atoms with Gasteiger partial charge in [0.1, 0.15) is 5.82 Å². The van der Waals surface area contributed by atoms with Crippen molar-refractivity contribution in [3.05, 3.63) is 35.1 Å². The van der Waals surface area contributed by atoms with Crippen molar-refractivity contribution in [3.8, 4) is 0 Å². The summed E-state index contributed by atoms with van der Waals surface area (Å²) in [5, 5.41) is 0. The number of likely N-dealkylation sites (tertiary alicyclic amines) is 2. The molecular formula is C21H28FN3O2. The summed E-state index contributed by atoms with van der Waals surface area (Å²) >= 11 is 0. The van der Waals surface area contributed by atoms with Crippen LogP contribution in [0.2, 0.25) is 0 Å². The quantitative estimate of drug-likeness (QED) is 0.815. The predicted molar refractivity (Wildman–Crippen MR) is 100 cm³/mol. The van der Waals surface area contributed by atoms with Crippen molar-refractivity contribution in [1.82, 2.24) is 14.7 Å². The molecule has 0 spiro atoms. The average Bonchev–Trinajstić information content (AvgIpc) is 3.22. The Hall–Kier alpha value is -1.95. The summed E-state index contributed by atoms with van der Waals surface area (Å²) in [6.07, 6.45) is 4.64. The van der Waals surface area contributed by atoms with Crippen molar-refractivity contribution >= 4 is 11.8 Å². The van der Waals surface area contributed by atoms with Crippen molar-refractivity contribution in [2.45, 2.75) is 38.6 Å². The van der Waals surface area contributed by atoms with E-state index in [1.165, 1.54) is 11.6 Å². The molecular weight excluding hydrogens is 345 g/mol. The lowest BCUT2D eigenvalue weighted by Crippen LogP contribution is -2.47. The summed E-state index contributed by atoms with van der Waals surface area (Å²) in [5.74, 6) is 0.278. The molecule has 1 aromatic rings. The zero-order valence-electron chi connectivity index (χ0n) is 15.8. The number of benzene rings is 1. The number of hydrogen-bond donors (Lipinski definition) is 0. The minimum atomic E-state index is -0.216. The number of carbonyl (C=O) groups excluding carboxylic acids is 2. The lowest BCUT2D eigenvalue weighted by atomic mass is 9.95. The van der Waals surface area contributed by atoms with E-state index in [0.717, 1.165) is 57.3 Å². The van der Waals surface area contributed by atoms with Gasteiger partial charge >= 0.3 is 0 Å². The topological polar surface area (TPSA) is 43.9 Å². The highest BCUT2D eigenvalue weighted by Crippen LogP contribution is 2.23. The van der Waals surface area contributed by atoms with Gasteiger partial charge in [0.05, 0.1) is 6.54 Å². The minimum Gasteiger partial charge on any atom is -0.342 e. The Morgan fingerprint density at radius 3 is 2.44 bits per heavy atom. The van der Waals surface area contributed by atoms with Gasteiger partial charge in [-0.1, -0.05) is 6.07 Å². The molecule has 0 N–H and O–H groups in total. The average molecular weight is 373 g/mol. The molecule has 0 radical (unpaired) electrons. The van der Waals surface area contributed by atoms with E-state index >= 15 is 0 Å². The molecule has 1 aromatic carbocycles. The third kappa shape index (κ3) is 4.15. The largest absolute Gasteiger partial charge is 0.342 e. The van der Waals surface area contributed by atoms with Crippen LogP contribution in [0.3, 0.4) is 0 Å². The van der Waals surface area contributed by atoms with Gasteiger partial charge in [-0.15, -0.1) is 0 Å². The molecule has 4 rings (SSSR count). The van der Waals surface area contributed by atoms with Gasteiger partial charge in [-0.25, -0.2) is 4.39 Å². The number of piperidine rings is 1. The maximum Gasteiger partial charge on any atom is 0.236 e. The first-order valence-electron chi connectivity index (χ1n) is 10.2. The second-order valence-corrected chi connectivity index (χ2v) is 8.06. The van der Waals surface area contributed by atoms with E-state index in [1.807, 2.05) is 15.9 Å². The zero-order chi connectivity index (χ0) is 18.8. The van der Waals surface area contributed by atoms with Gasteiger partial charge in [0.25, 0.3) is 0 Å². The minimum absolute atomic E-state index is 0.0805. The molecule has 0 aliphatic carbocycles. The normalized spacial score (nSPS) is 21.4. The summed E-state index contributed by atoms with van der Waals surface area (Å²) in [4.78, 5) is 31.2. The van der Waals surface area contributed by atoms with Crippen LogP contribution in [-0.2, 0) is 22.6 Å². The van der Waals surface area contributed by atoms with Gasteiger partial charge in [-0.2, -0.15) is 0 Å². The lowest BCUT2D eigenvalue weighted by Gasteiger charge is -2.35. The molecule has 5 nitrogen and oxygen atoms in total. The highest BCUT2D eigenvalue weighted by Gasteiger charge is 2.31. The van der Waals surface area contributed by atoms with Crippen LogP contribution in [0.1, 0.15) is 36.8 Å². The van der Waals surface area contributed by atoms with Gasteiger partial charge in [0, 0.05) is 45.2 Å². The van der Waals surface area contributed by atoms with Gasteiger partial charge in [-0.3, -0.25) is 14.5 Å². The van der Waals surface area contributed by atoms with E-state index in [0.29, 0.717) is 26.2 Å². The summed E-state index contributed by atoms with van der Waals surface area (Å²) in [7, 11) is 0. The Kier molecular flexibility index (Phi) is 5.43. The second-order valence-electron chi connectivity index (χ2n) is 8.06.